The Hall–Kier alpha value is -2.20. The fourth-order valence-corrected chi connectivity index (χ4v) is 2.63. The van der Waals surface area contributed by atoms with Crippen molar-refractivity contribution >= 4 is 17.3 Å². The zero-order valence-corrected chi connectivity index (χ0v) is 11.3. The molecular weight excluding hydrogens is 250 g/mol. The number of nitrogens with zero attached hydrogens (tertiary/aromatic N) is 1. The predicted molar refractivity (Wildman–Crippen MR) is 81.2 cm³/mol. The summed E-state index contributed by atoms with van der Waals surface area (Å²) >= 11 is 0. The second-order valence-electron chi connectivity index (χ2n) is 4.95. The molecule has 0 aromatic heterocycles. The van der Waals surface area contributed by atoms with E-state index in [0.29, 0.717) is 0 Å². The number of hydrogen-bond acceptors (Lipinski definition) is 3. The first-order chi connectivity index (χ1) is 9.78. The Bertz CT molecular complexity index is 628. The molecule has 0 unspecified atom stereocenters. The second-order valence-corrected chi connectivity index (χ2v) is 4.95. The lowest BCUT2D eigenvalue weighted by molar-refractivity contribution is -0.111. The molecule has 4 heteroatoms. The van der Waals surface area contributed by atoms with Crippen LogP contribution in [-0.4, -0.2) is 31.3 Å². The van der Waals surface area contributed by atoms with Gasteiger partial charge in [-0.25, -0.2) is 0 Å². The van der Waals surface area contributed by atoms with Crippen LogP contribution in [0.25, 0.3) is 0 Å². The van der Waals surface area contributed by atoms with E-state index in [1.807, 2.05) is 24.3 Å². The first kappa shape index (κ1) is 12.8. The molecule has 2 aliphatic rings. The maximum atomic E-state index is 11.4. The van der Waals surface area contributed by atoms with Crippen LogP contribution in [-0.2, 0) is 4.79 Å². The molecule has 0 spiro atoms. The monoisotopic (exact) mass is 267 g/mol. The van der Waals surface area contributed by atoms with Gasteiger partial charge in [0.05, 0.1) is 12.3 Å². The molecule has 0 aliphatic carbocycles. The number of hydrogen-bond donors (Lipinski definition) is 2. The molecule has 102 valence electrons. The Morgan fingerprint density at radius 2 is 2.35 bits per heavy atom. The molecule has 3 rings (SSSR count). The topological polar surface area (TPSA) is 53.5 Å². The Morgan fingerprint density at radius 1 is 1.45 bits per heavy atom. The third kappa shape index (κ3) is 2.42. The number of carbonyl (C=O) groups is 1. The quantitative estimate of drug-likeness (QED) is 0.822. The highest BCUT2D eigenvalue weighted by Crippen LogP contribution is 2.25. The van der Waals surface area contributed by atoms with Crippen molar-refractivity contribution in [3.05, 3.63) is 53.6 Å². The zero-order valence-electron chi connectivity index (χ0n) is 11.3. The first-order valence-corrected chi connectivity index (χ1v) is 6.78. The minimum absolute atomic E-state index is 0.199. The van der Waals surface area contributed by atoms with Crippen LogP contribution >= 0.6 is 0 Å². The van der Waals surface area contributed by atoms with Crippen LogP contribution in [0.5, 0.6) is 0 Å². The maximum absolute atomic E-state index is 11.4. The second kappa shape index (κ2) is 5.43. The number of rotatable bonds is 3. The van der Waals surface area contributed by atoms with Crippen molar-refractivity contribution in [1.82, 2.24) is 5.32 Å². The van der Waals surface area contributed by atoms with Gasteiger partial charge in [0.25, 0.3) is 0 Å². The van der Waals surface area contributed by atoms with Gasteiger partial charge in [-0.3, -0.25) is 9.79 Å². The summed E-state index contributed by atoms with van der Waals surface area (Å²) in [6.07, 6.45) is 2.35. The summed E-state index contributed by atoms with van der Waals surface area (Å²) in [5, 5.41) is 6.17. The molecule has 20 heavy (non-hydrogen) atoms. The molecule has 2 N–H and O–H groups in total. The lowest BCUT2D eigenvalue weighted by Gasteiger charge is -2.17. The van der Waals surface area contributed by atoms with E-state index in [0.717, 1.165) is 43.0 Å². The van der Waals surface area contributed by atoms with Gasteiger partial charge in [-0.1, -0.05) is 18.7 Å². The summed E-state index contributed by atoms with van der Waals surface area (Å²) in [5.41, 5.74) is 5.65. The van der Waals surface area contributed by atoms with E-state index < -0.39 is 0 Å². The van der Waals surface area contributed by atoms with Gasteiger partial charge < -0.3 is 10.6 Å². The summed E-state index contributed by atoms with van der Waals surface area (Å²) in [7, 11) is 0. The minimum atomic E-state index is -0.199. The van der Waals surface area contributed by atoms with Gasteiger partial charge in [0.15, 0.2) is 0 Å². The first-order valence-electron chi connectivity index (χ1n) is 6.78. The molecule has 0 bridgehead atoms. The van der Waals surface area contributed by atoms with Crippen LogP contribution in [0, 0.1) is 0 Å². The van der Waals surface area contributed by atoms with E-state index >= 15 is 0 Å². The Labute approximate surface area is 118 Å². The van der Waals surface area contributed by atoms with E-state index in [1.54, 1.807) is 0 Å². The van der Waals surface area contributed by atoms with Gasteiger partial charge in [0.2, 0.25) is 5.91 Å². The van der Waals surface area contributed by atoms with E-state index in [-0.39, 0.29) is 5.91 Å². The SMILES string of the molecule is C=CC(=O)Nc1cccc(C2=NCC3=C2CNCC3)c1. The average Bonchev–Trinajstić information content (AvgIpc) is 2.91. The summed E-state index contributed by atoms with van der Waals surface area (Å²) < 4.78 is 0. The smallest absolute Gasteiger partial charge is 0.247 e. The highest BCUT2D eigenvalue weighted by Gasteiger charge is 2.22. The molecule has 1 aromatic rings. The average molecular weight is 267 g/mol. The van der Waals surface area contributed by atoms with E-state index in [9.17, 15) is 4.79 Å². The van der Waals surface area contributed by atoms with Crippen molar-refractivity contribution in [1.29, 1.82) is 0 Å². The van der Waals surface area contributed by atoms with Crippen LogP contribution in [0.1, 0.15) is 12.0 Å². The van der Waals surface area contributed by atoms with Crippen molar-refractivity contribution < 1.29 is 4.79 Å². The number of benzene rings is 1. The van der Waals surface area contributed by atoms with E-state index in [4.69, 9.17) is 0 Å². The predicted octanol–water partition coefficient (Wildman–Crippen LogP) is 1.90. The number of anilines is 1. The van der Waals surface area contributed by atoms with Crippen molar-refractivity contribution in [3.63, 3.8) is 0 Å². The van der Waals surface area contributed by atoms with E-state index in [2.05, 4.69) is 22.2 Å². The number of nitrogens with one attached hydrogen (secondary N) is 2. The minimum Gasteiger partial charge on any atom is -0.323 e. The standard InChI is InChI=1S/C16H17N3O/c1-2-15(20)19-13-5-3-4-11(8-13)16-14-10-17-7-6-12(14)9-18-16/h2-5,8,17H,1,6-7,9-10H2,(H,19,20). The number of carbonyl (C=O) groups excluding carboxylic acids is 1. The van der Waals surface area contributed by atoms with Gasteiger partial charge in [0, 0.05) is 17.8 Å². The molecular formula is C16H17N3O. The van der Waals surface area contributed by atoms with Crippen LogP contribution in [0.4, 0.5) is 5.69 Å². The summed E-state index contributed by atoms with van der Waals surface area (Å²) in [6.45, 7) is 6.20. The Balaban J connectivity index is 1.88. The molecule has 4 nitrogen and oxygen atoms in total. The zero-order chi connectivity index (χ0) is 13.9. The van der Waals surface area contributed by atoms with Gasteiger partial charge in [-0.2, -0.15) is 0 Å². The molecule has 1 aromatic carbocycles. The molecule has 1 amide bonds. The Morgan fingerprint density at radius 3 is 3.20 bits per heavy atom. The number of aliphatic imine (C=N–C) groups is 1. The van der Waals surface area contributed by atoms with Gasteiger partial charge in [0.1, 0.15) is 0 Å². The lowest BCUT2D eigenvalue weighted by Crippen LogP contribution is -2.27. The molecule has 0 atom stereocenters. The van der Waals surface area contributed by atoms with Crippen LogP contribution in [0.2, 0.25) is 0 Å². The highest BCUT2D eigenvalue weighted by atomic mass is 16.1. The molecule has 0 saturated carbocycles. The Kier molecular flexibility index (Phi) is 3.48. The fraction of sp³-hybridized carbons (Fsp3) is 0.250. The van der Waals surface area contributed by atoms with Crippen molar-refractivity contribution in [2.75, 3.05) is 25.0 Å². The van der Waals surface area contributed by atoms with Crippen molar-refractivity contribution in [3.8, 4) is 0 Å². The third-order valence-electron chi connectivity index (χ3n) is 3.63. The van der Waals surface area contributed by atoms with E-state index in [1.165, 1.54) is 17.2 Å². The summed E-state index contributed by atoms with van der Waals surface area (Å²) in [5.74, 6) is -0.199. The summed E-state index contributed by atoms with van der Waals surface area (Å²) in [4.78, 5) is 16.0. The molecule has 0 saturated heterocycles. The largest absolute Gasteiger partial charge is 0.323 e. The van der Waals surface area contributed by atoms with Gasteiger partial charge in [-0.05, 0) is 42.3 Å². The van der Waals surface area contributed by atoms with Gasteiger partial charge >= 0.3 is 0 Å². The summed E-state index contributed by atoms with van der Waals surface area (Å²) in [6, 6.07) is 7.80. The molecule has 2 heterocycles. The normalized spacial score (nSPS) is 17.5. The maximum Gasteiger partial charge on any atom is 0.247 e. The van der Waals surface area contributed by atoms with Crippen LogP contribution in [0.15, 0.2) is 53.1 Å². The lowest BCUT2D eigenvalue weighted by atomic mass is 9.96. The van der Waals surface area contributed by atoms with Crippen LogP contribution in [0.3, 0.4) is 0 Å². The number of amides is 1. The molecule has 0 radical (unpaired) electrons. The fourth-order valence-electron chi connectivity index (χ4n) is 2.63. The van der Waals surface area contributed by atoms with Gasteiger partial charge in [-0.15, -0.1) is 0 Å². The molecule has 2 aliphatic heterocycles. The highest BCUT2D eigenvalue weighted by molar-refractivity contribution is 6.15. The van der Waals surface area contributed by atoms with Crippen molar-refractivity contribution in [2.24, 2.45) is 4.99 Å². The van der Waals surface area contributed by atoms with Crippen molar-refractivity contribution in [2.45, 2.75) is 6.42 Å². The van der Waals surface area contributed by atoms with Crippen LogP contribution < -0.4 is 10.6 Å². The molecule has 0 fully saturated rings. The third-order valence-corrected chi connectivity index (χ3v) is 3.63.